The van der Waals surface area contributed by atoms with Crippen LogP contribution in [0.1, 0.15) is 21.6 Å². The zero-order valence-electron chi connectivity index (χ0n) is 11.0. The Bertz CT molecular complexity index is 596. The van der Waals surface area contributed by atoms with Gasteiger partial charge in [0.1, 0.15) is 0 Å². The fraction of sp³-hybridized carbons (Fsp3) is 0.200. The van der Waals surface area contributed by atoms with Gasteiger partial charge in [0, 0.05) is 19.8 Å². The van der Waals surface area contributed by atoms with Crippen LogP contribution >= 0.6 is 0 Å². The summed E-state index contributed by atoms with van der Waals surface area (Å²) < 4.78 is 0. The zero-order valence-corrected chi connectivity index (χ0v) is 11.0. The van der Waals surface area contributed by atoms with Crippen LogP contribution in [0.5, 0.6) is 0 Å². The van der Waals surface area contributed by atoms with Gasteiger partial charge in [-0.25, -0.2) is 9.78 Å². The Morgan fingerprint density at radius 3 is 2.79 bits per heavy atom. The highest BCUT2D eigenvalue weighted by molar-refractivity contribution is 5.92. The lowest BCUT2D eigenvalue weighted by Gasteiger charge is -2.20. The van der Waals surface area contributed by atoms with Crippen molar-refractivity contribution in [2.45, 2.75) is 13.5 Å². The molecule has 0 atom stereocenters. The second kappa shape index (κ2) is 5.52. The Kier molecular flexibility index (Phi) is 3.80. The molecule has 4 nitrogen and oxygen atoms in total. The van der Waals surface area contributed by atoms with Crippen molar-refractivity contribution in [1.29, 1.82) is 0 Å². The summed E-state index contributed by atoms with van der Waals surface area (Å²) in [7, 11) is 1.87. The summed E-state index contributed by atoms with van der Waals surface area (Å²) in [6, 6.07) is 11.7. The summed E-state index contributed by atoms with van der Waals surface area (Å²) in [4.78, 5) is 17.0. The van der Waals surface area contributed by atoms with Gasteiger partial charge in [0.25, 0.3) is 0 Å². The number of carboxylic acids is 1. The average molecular weight is 256 g/mol. The molecule has 0 aliphatic rings. The summed E-state index contributed by atoms with van der Waals surface area (Å²) in [5.74, 6) is -1.01. The highest BCUT2D eigenvalue weighted by atomic mass is 16.4. The molecular weight excluding hydrogens is 240 g/mol. The molecule has 0 saturated carbocycles. The quantitative estimate of drug-likeness (QED) is 0.913. The van der Waals surface area contributed by atoms with E-state index in [0.717, 1.165) is 5.56 Å². The molecule has 1 aromatic carbocycles. The summed E-state index contributed by atoms with van der Waals surface area (Å²) in [5.41, 5.74) is 3.03. The zero-order chi connectivity index (χ0) is 13.8. The van der Waals surface area contributed by atoms with E-state index in [0.29, 0.717) is 12.2 Å². The first-order chi connectivity index (χ1) is 9.08. The third-order valence-electron chi connectivity index (χ3n) is 2.90. The Hall–Kier alpha value is -2.36. The van der Waals surface area contributed by atoms with Gasteiger partial charge in [-0.05, 0) is 24.6 Å². The van der Waals surface area contributed by atoms with E-state index in [9.17, 15) is 4.79 Å². The molecule has 0 radical (unpaired) electrons. The van der Waals surface area contributed by atoms with Crippen LogP contribution in [0.3, 0.4) is 0 Å². The van der Waals surface area contributed by atoms with E-state index < -0.39 is 5.97 Å². The minimum absolute atomic E-state index is 0.0812. The molecule has 98 valence electrons. The number of aryl methyl sites for hydroxylation is 1. The molecule has 1 N–H and O–H groups in total. The number of hydrogen-bond donors (Lipinski definition) is 1. The van der Waals surface area contributed by atoms with E-state index >= 15 is 0 Å². The first-order valence-corrected chi connectivity index (χ1v) is 6.03. The highest BCUT2D eigenvalue weighted by Gasteiger charge is 2.14. The molecule has 0 fully saturated rings. The fourth-order valence-corrected chi connectivity index (χ4v) is 2.04. The van der Waals surface area contributed by atoms with Crippen LogP contribution in [0, 0.1) is 6.92 Å². The maximum Gasteiger partial charge on any atom is 0.356 e. The number of anilines is 1. The molecule has 0 spiro atoms. The third-order valence-corrected chi connectivity index (χ3v) is 2.90. The lowest BCUT2D eigenvalue weighted by atomic mass is 10.1. The van der Waals surface area contributed by atoms with Gasteiger partial charge in [-0.2, -0.15) is 0 Å². The molecule has 2 rings (SSSR count). The van der Waals surface area contributed by atoms with Gasteiger partial charge in [-0.1, -0.05) is 29.8 Å². The molecule has 0 bridgehead atoms. The molecular formula is C15H16N2O2. The molecule has 2 aromatic rings. The first-order valence-electron chi connectivity index (χ1n) is 6.03. The highest BCUT2D eigenvalue weighted by Crippen LogP contribution is 2.19. The standard InChI is InChI=1S/C15H16N2O2/c1-11-5-3-6-12(9-11)10-17(2)13-7-4-8-16-14(13)15(18)19/h3-9H,10H2,1-2H3,(H,18,19). The number of carbonyl (C=O) groups is 1. The fourth-order valence-electron chi connectivity index (χ4n) is 2.04. The van der Waals surface area contributed by atoms with Gasteiger partial charge < -0.3 is 10.0 Å². The van der Waals surface area contributed by atoms with Crippen molar-refractivity contribution in [2.24, 2.45) is 0 Å². The predicted molar refractivity (Wildman–Crippen MR) is 74.5 cm³/mol. The maximum absolute atomic E-state index is 11.1. The average Bonchev–Trinajstić information content (AvgIpc) is 2.38. The minimum Gasteiger partial charge on any atom is -0.476 e. The molecule has 0 amide bonds. The van der Waals surface area contributed by atoms with Crippen LogP contribution in [0.2, 0.25) is 0 Å². The third kappa shape index (κ3) is 3.10. The van der Waals surface area contributed by atoms with E-state index in [2.05, 4.69) is 11.1 Å². The smallest absolute Gasteiger partial charge is 0.356 e. The SMILES string of the molecule is Cc1cccc(CN(C)c2cccnc2C(=O)O)c1. The largest absolute Gasteiger partial charge is 0.476 e. The van der Waals surface area contributed by atoms with Crippen molar-refractivity contribution in [3.8, 4) is 0 Å². The Labute approximate surface area is 112 Å². The topological polar surface area (TPSA) is 53.4 Å². The van der Waals surface area contributed by atoms with E-state index in [1.165, 1.54) is 11.8 Å². The lowest BCUT2D eigenvalue weighted by Crippen LogP contribution is -2.20. The number of carboxylic acid groups (broad SMARTS) is 1. The summed E-state index contributed by atoms with van der Waals surface area (Å²) in [6.45, 7) is 2.68. The molecule has 4 heteroatoms. The van der Waals surface area contributed by atoms with Crippen molar-refractivity contribution < 1.29 is 9.90 Å². The first kappa shape index (κ1) is 13.1. The normalized spacial score (nSPS) is 10.2. The van der Waals surface area contributed by atoms with Crippen LogP contribution in [0.15, 0.2) is 42.6 Å². The van der Waals surface area contributed by atoms with Gasteiger partial charge in [-0.3, -0.25) is 0 Å². The second-order valence-corrected chi connectivity index (χ2v) is 4.52. The van der Waals surface area contributed by atoms with Gasteiger partial charge >= 0.3 is 5.97 Å². The monoisotopic (exact) mass is 256 g/mol. The number of hydrogen-bond acceptors (Lipinski definition) is 3. The van der Waals surface area contributed by atoms with Crippen molar-refractivity contribution >= 4 is 11.7 Å². The van der Waals surface area contributed by atoms with E-state index in [1.54, 1.807) is 12.1 Å². The number of nitrogens with zero attached hydrogens (tertiary/aromatic N) is 2. The van der Waals surface area contributed by atoms with E-state index in [-0.39, 0.29) is 5.69 Å². The van der Waals surface area contributed by atoms with Crippen molar-refractivity contribution in [2.75, 3.05) is 11.9 Å². The van der Waals surface area contributed by atoms with Gasteiger partial charge in [-0.15, -0.1) is 0 Å². The van der Waals surface area contributed by atoms with Crippen LogP contribution in [-0.4, -0.2) is 23.1 Å². The van der Waals surface area contributed by atoms with Gasteiger partial charge in [0.2, 0.25) is 0 Å². The van der Waals surface area contributed by atoms with Crippen LogP contribution in [0.4, 0.5) is 5.69 Å². The predicted octanol–water partition coefficient (Wildman–Crippen LogP) is 2.72. The van der Waals surface area contributed by atoms with E-state index in [4.69, 9.17) is 5.11 Å². The molecule has 0 aliphatic carbocycles. The van der Waals surface area contributed by atoms with Crippen molar-refractivity contribution in [3.05, 3.63) is 59.4 Å². The molecule has 0 saturated heterocycles. The number of aromatic nitrogens is 1. The minimum atomic E-state index is -1.01. The van der Waals surface area contributed by atoms with Gasteiger partial charge in [0.15, 0.2) is 5.69 Å². The Balaban J connectivity index is 2.25. The molecule has 1 aromatic heterocycles. The Morgan fingerprint density at radius 1 is 1.32 bits per heavy atom. The van der Waals surface area contributed by atoms with Crippen molar-refractivity contribution in [3.63, 3.8) is 0 Å². The summed E-state index contributed by atoms with van der Waals surface area (Å²) in [6.07, 6.45) is 1.49. The number of rotatable bonds is 4. The Morgan fingerprint density at radius 2 is 2.11 bits per heavy atom. The number of aromatic carboxylic acids is 1. The van der Waals surface area contributed by atoms with Crippen molar-refractivity contribution in [1.82, 2.24) is 4.98 Å². The van der Waals surface area contributed by atoms with E-state index in [1.807, 2.05) is 37.1 Å². The lowest BCUT2D eigenvalue weighted by molar-refractivity contribution is 0.0691. The maximum atomic E-state index is 11.1. The van der Waals surface area contributed by atoms with Crippen LogP contribution < -0.4 is 4.90 Å². The molecule has 0 unspecified atom stereocenters. The number of benzene rings is 1. The van der Waals surface area contributed by atoms with Crippen LogP contribution in [-0.2, 0) is 6.54 Å². The summed E-state index contributed by atoms with van der Waals surface area (Å²) >= 11 is 0. The van der Waals surface area contributed by atoms with Crippen LogP contribution in [0.25, 0.3) is 0 Å². The molecule has 0 aliphatic heterocycles. The summed E-state index contributed by atoms with van der Waals surface area (Å²) in [5, 5.41) is 9.14. The van der Waals surface area contributed by atoms with Gasteiger partial charge in [0.05, 0.1) is 5.69 Å². The molecule has 1 heterocycles. The number of pyridine rings is 1. The second-order valence-electron chi connectivity index (χ2n) is 4.52. The molecule has 19 heavy (non-hydrogen) atoms.